The van der Waals surface area contributed by atoms with Crippen LogP contribution in [-0.4, -0.2) is 41.2 Å². The molecule has 6 heteroatoms. The SMILES string of the molecule is CC(C)C(C(=O)NC(CN)C1CC1)N1C(=O)c2ccccc2C1=O. The largest absolute Gasteiger partial charge is 0.350 e. The molecule has 0 spiro atoms. The van der Waals surface area contributed by atoms with Gasteiger partial charge in [-0.25, -0.2) is 0 Å². The second-order valence-corrected chi connectivity index (χ2v) is 6.90. The van der Waals surface area contributed by atoms with Gasteiger partial charge in [0.05, 0.1) is 11.1 Å². The monoisotopic (exact) mass is 329 g/mol. The predicted molar refractivity (Wildman–Crippen MR) is 89.3 cm³/mol. The van der Waals surface area contributed by atoms with Crippen molar-refractivity contribution in [2.24, 2.45) is 17.6 Å². The predicted octanol–water partition coefficient (Wildman–Crippen LogP) is 1.16. The van der Waals surface area contributed by atoms with E-state index in [9.17, 15) is 14.4 Å². The number of amides is 3. The number of hydrogen-bond acceptors (Lipinski definition) is 4. The molecule has 24 heavy (non-hydrogen) atoms. The Hall–Kier alpha value is -2.21. The lowest BCUT2D eigenvalue weighted by Crippen LogP contribution is -2.55. The molecule has 0 saturated heterocycles. The number of nitrogens with zero attached hydrogens (tertiary/aromatic N) is 1. The number of nitrogens with one attached hydrogen (secondary N) is 1. The van der Waals surface area contributed by atoms with Gasteiger partial charge in [0.25, 0.3) is 11.8 Å². The Morgan fingerprint density at radius 3 is 2.17 bits per heavy atom. The van der Waals surface area contributed by atoms with Crippen LogP contribution in [0.3, 0.4) is 0 Å². The van der Waals surface area contributed by atoms with E-state index in [2.05, 4.69) is 5.32 Å². The molecule has 1 fully saturated rings. The zero-order chi connectivity index (χ0) is 17.4. The van der Waals surface area contributed by atoms with E-state index in [0.717, 1.165) is 17.7 Å². The molecule has 1 saturated carbocycles. The van der Waals surface area contributed by atoms with Crippen LogP contribution in [0.1, 0.15) is 47.4 Å². The highest BCUT2D eigenvalue weighted by molar-refractivity contribution is 6.22. The summed E-state index contributed by atoms with van der Waals surface area (Å²) in [7, 11) is 0. The molecular formula is C18H23N3O3. The number of hydrogen-bond donors (Lipinski definition) is 2. The number of benzene rings is 1. The third kappa shape index (κ3) is 2.82. The molecule has 1 aliphatic carbocycles. The number of fused-ring (bicyclic) bond motifs is 1. The number of nitrogens with two attached hydrogens (primary N) is 1. The normalized spacial score (nSPS) is 19.4. The van der Waals surface area contributed by atoms with Crippen molar-refractivity contribution in [1.82, 2.24) is 10.2 Å². The van der Waals surface area contributed by atoms with Crippen LogP contribution >= 0.6 is 0 Å². The van der Waals surface area contributed by atoms with Gasteiger partial charge in [0.2, 0.25) is 5.91 Å². The number of carbonyl (C=O) groups excluding carboxylic acids is 3. The van der Waals surface area contributed by atoms with Crippen LogP contribution < -0.4 is 11.1 Å². The molecule has 1 heterocycles. The summed E-state index contributed by atoms with van der Waals surface area (Å²) < 4.78 is 0. The second-order valence-electron chi connectivity index (χ2n) is 6.90. The minimum Gasteiger partial charge on any atom is -0.350 e. The summed E-state index contributed by atoms with van der Waals surface area (Å²) in [5.41, 5.74) is 6.47. The molecule has 0 radical (unpaired) electrons. The van der Waals surface area contributed by atoms with E-state index in [-0.39, 0.29) is 17.9 Å². The first-order chi connectivity index (χ1) is 11.5. The van der Waals surface area contributed by atoms with E-state index in [0.29, 0.717) is 23.6 Å². The maximum absolute atomic E-state index is 12.8. The Bertz CT molecular complexity index is 647. The van der Waals surface area contributed by atoms with E-state index >= 15 is 0 Å². The standard InChI is InChI=1S/C18H23N3O3/c1-10(2)15(16(22)20-14(9-19)11-7-8-11)21-17(23)12-5-3-4-6-13(12)18(21)24/h3-6,10-11,14-15H,7-9,19H2,1-2H3,(H,20,22). The zero-order valence-corrected chi connectivity index (χ0v) is 14.0. The lowest BCUT2D eigenvalue weighted by atomic mass is 10.0. The lowest BCUT2D eigenvalue weighted by molar-refractivity contribution is -0.127. The summed E-state index contributed by atoms with van der Waals surface area (Å²) in [5.74, 6) is -0.888. The first kappa shape index (κ1) is 16.6. The minimum atomic E-state index is -0.829. The van der Waals surface area contributed by atoms with Gasteiger partial charge in [0.1, 0.15) is 6.04 Å². The molecule has 3 N–H and O–H groups in total. The quantitative estimate of drug-likeness (QED) is 0.766. The van der Waals surface area contributed by atoms with Gasteiger partial charge < -0.3 is 11.1 Å². The topological polar surface area (TPSA) is 92.5 Å². The van der Waals surface area contributed by atoms with Crippen LogP contribution in [0.4, 0.5) is 0 Å². The Morgan fingerprint density at radius 1 is 1.21 bits per heavy atom. The molecule has 2 aliphatic rings. The molecule has 1 aromatic carbocycles. The van der Waals surface area contributed by atoms with Crippen LogP contribution in [0.25, 0.3) is 0 Å². The van der Waals surface area contributed by atoms with E-state index in [1.165, 1.54) is 0 Å². The second kappa shape index (κ2) is 6.36. The molecule has 2 unspecified atom stereocenters. The molecule has 3 amide bonds. The number of carbonyl (C=O) groups is 3. The van der Waals surface area contributed by atoms with Crippen molar-refractivity contribution in [2.75, 3.05) is 6.54 Å². The van der Waals surface area contributed by atoms with Gasteiger partial charge in [-0.3, -0.25) is 19.3 Å². The Balaban J connectivity index is 1.85. The van der Waals surface area contributed by atoms with Gasteiger partial charge in [-0.1, -0.05) is 26.0 Å². The summed E-state index contributed by atoms with van der Waals surface area (Å²) in [6.45, 7) is 4.04. The van der Waals surface area contributed by atoms with Crippen LogP contribution in [0, 0.1) is 11.8 Å². The molecule has 1 aliphatic heterocycles. The molecule has 128 valence electrons. The average Bonchev–Trinajstić information content (AvgIpc) is 3.37. The maximum atomic E-state index is 12.8. The Morgan fingerprint density at radius 2 is 1.75 bits per heavy atom. The van der Waals surface area contributed by atoms with Crippen molar-refractivity contribution in [1.29, 1.82) is 0 Å². The molecule has 0 aromatic heterocycles. The van der Waals surface area contributed by atoms with Gasteiger partial charge in [0, 0.05) is 12.6 Å². The van der Waals surface area contributed by atoms with Crippen molar-refractivity contribution >= 4 is 17.7 Å². The molecule has 6 nitrogen and oxygen atoms in total. The van der Waals surface area contributed by atoms with Crippen molar-refractivity contribution < 1.29 is 14.4 Å². The summed E-state index contributed by atoms with van der Waals surface area (Å²) in [4.78, 5) is 39.2. The lowest BCUT2D eigenvalue weighted by Gasteiger charge is -2.30. The van der Waals surface area contributed by atoms with Crippen molar-refractivity contribution in [3.63, 3.8) is 0 Å². The zero-order valence-electron chi connectivity index (χ0n) is 14.0. The van der Waals surface area contributed by atoms with Crippen LogP contribution in [-0.2, 0) is 4.79 Å². The Kier molecular flexibility index (Phi) is 4.41. The fraction of sp³-hybridized carbons (Fsp3) is 0.500. The maximum Gasteiger partial charge on any atom is 0.262 e. The van der Waals surface area contributed by atoms with Gasteiger partial charge in [-0.2, -0.15) is 0 Å². The van der Waals surface area contributed by atoms with Crippen molar-refractivity contribution in [3.05, 3.63) is 35.4 Å². The minimum absolute atomic E-state index is 0.0890. The van der Waals surface area contributed by atoms with Crippen molar-refractivity contribution in [2.45, 2.75) is 38.8 Å². The van der Waals surface area contributed by atoms with Gasteiger partial charge in [0.15, 0.2) is 0 Å². The van der Waals surface area contributed by atoms with Crippen LogP contribution in [0.5, 0.6) is 0 Å². The first-order valence-electron chi connectivity index (χ1n) is 8.43. The third-order valence-corrected chi connectivity index (χ3v) is 4.78. The molecule has 3 rings (SSSR count). The fourth-order valence-corrected chi connectivity index (χ4v) is 3.31. The smallest absolute Gasteiger partial charge is 0.262 e. The summed E-state index contributed by atoms with van der Waals surface area (Å²) >= 11 is 0. The van der Waals surface area contributed by atoms with E-state index < -0.39 is 17.9 Å². The van der Waals surface area contributed by atoms with Gasteiger partial charge in [-0.15, -0.1) is 0 Å². The Labute approximate surface area is 141 Å². The van der Waals surface area contributed by atoms with Crippen molar-refractivity contribution in [3.8, 4) is 0 Å². The highest BCUT2D eigenvalue weighted by Gasteiger charge is 2.44. The molecule has 1 aromatic rings. The van der Waals surface area contributed by atoms with Gasteiger partial charge in [-0.05, 0) is 36.8 Å². The fourth-order valence-electron chi connectivity index (χ4n) is 3.31. The summed E-state index contributed by atoms with van der Waals surface area (Å²) in [6, 6.07) is 5.76. The van der Waals surface area contributed by atoms with Crippen LogP contribution in [0.2, 0.25) is 0 Å². The van der Waals surface area contributed by atoms with Crippen LogP contribution in [0.15, 0.2) is 24.3 Å². The molecular weight excluding hydrogens is 306 g/mol. The first-order valence-corrected chi connectivity index (χ1v) is 8.43. The van der Waals surface area contributed by atoms with Gasteiger partial charge >= 0.3 is 0 Å². The summed E-state index contributed by atoms with van der Waals surface area (Å²) in [6.07, 6.45) is 2.11. The van der Waals surface area contributed by atoms with E-state index in [1.807, 2.05) is 13.8 Å². The van der Waals surface area contributed by atoms with E-state index in [4.69, 9.17) is 5.73 Å². The highest BCUT2D eigenvalue weighted by Crippen LogP contribution is 2.33. The molecule has 2 atom stereocenters. The van der Waals surface area contributed by atoms with E-state index in [1.54, 1.807) is 24.3 Å². The molecule has 0 bridgehead atoms. The number of rotatable bonds is 6. The highest BCUT2D eigenvalue weighted by atomic mass is 16.2. The summed E-state index contributed by atoms with van der Waals surface area (Å²) in [5, 5.41) is 2.94. The number of imide groups is 1. The third-order valence-electron chi connectivity index (χ3n) is 4.78. The average molecular weight is 329 g/mol.